The Labute approximate surface area is 169 Å². The van der Waals surface area contributed by atoms with E-state index in [1.54, 1.807) is 0 Å². The zero-order valence-corrected chi connectivity index (χ0v) is 15.9. The van der Waals surface area contributed by atoms with Gasteiger partial charge in [0.25, 0.3) is 0 Å². The van der Waals surface area contributed by atoms with E-state index in [4.69, 9.17) is 4.99 Å². The summed E-state index contributed by atoms with van der Waals surface area (Å²) in [5, 5.41) is 13.8. The first-order valence-corrected chi connectivity index (χ1v) is 9.50. The Bertz CT molecular complexity index is 1070. The van der Waals surface area contributed by atoms with Gasteiger partial charge in [0.05, 0.1) is 6.54 Å². The summed E-state index contributed by atoms with van der Waals surface area (Å²) in [5.41, 5.74) is 3.60. The van der Waals surface area contributed by atoms with E-state index < -0.39 is 0 Å². The number of aromatic amines is 1. The van der Waals surface area contributed by atoms with Crippen LogP contribution in [0.25, 0.3) is 11.4 Å². The molecule has 0 aliphatic carbocycles. The van der Waals surface area contributed by atoms with Gasteiger partial charge < -0.3 is 15.4 Å². The minimum Gasteiger partial charge on any atom is -0.492 e. The SMILES string of the molecule is Oc1nc(-c2ccccc2)[nH]c1C(=NCc1ccccc1)NCc1ccccc1. The quantitative estimate of drug-likeness (QED) is 0.339. The monoisotopic (exact) mass is 382 g/mol. The van der Waals surface area contributed by atoms with E-state index in [0.717, 1.165) is 16.7 Å². The Morgan fingerprint density at radius 3 is 2.07 bits per heavy atom. The molecule has 4 aromatic rings. The number of aliphatic imine (C=N–C) groups is 1. The molecule has 0 amide bonds. The predicted molar refractivity (Wildman–Crippen MR) is 116 cm³/mol. The molecular formula is C24H22N4O. The van der Waals surface area contributed by atoms with E-state index in [1.807, 2.05) is 91.0 Å². The number of hydrogen-bond acceptors (Lipinski definition) is 3. The number of benzene rings is 3. The number of nitrogens with zero attached hydrogens (tertiary/aromatic N) is 2. The van der Waals surface area contributed by atoms with Crippen molar-refractivity contribution >= 4 is 5.84 Å². The van der Waals surface area contributed by atoms with Crippen LogP contribution in [0.15, 0.2) is 96.0 Å². The molecule has 1 aromatic heterocycles. The highest BCUT2D eigenvalue weighted by Gasteiger charge is 2.16. The summed E-state index contributed by atoms with van der Waals surface area (Å²) in [5.74, 6) is 1.10. The number of aromatic nitrogens is 2. The Kier molecular flexibility index (Phi) is 5.67. The van der Waals surface area contributed by atoms with Gasteiger partial charge in [-0.05, 0) is 11.1 Å². The van der Waals surface area contributed by atoms with E-state index in [-0.39, 0.29) is 5.88 Å². The highest BCUT2D eigenvalue weighted by molar-refractivity contribution is 5.99. The molecule has 1 heterocycles. The van der Waals surface area contributed by atoms with Crippen LogP contribution in [0.3, 0.4) is 0 Å². The number of H-pyrrole nitrogens is 1. The number of amidine groups is 1. The van der Waals surface area contributed by atoms with Crippen molar-refractivity contribution in [2.24, 2.45) is 4.99 Å². The topological polar surface area (TPSA) is 73.3 Å². The summed E-state index contributed by atoms with van der Waals surface area (Å²) in [7, 11) is 0. The second kappa shape index (κ2) is 8.89. The van der Waals surface area contributed by atoms with Gasteiger partial charge in [-0.3, -0.25) is 4.99 Å². The van der Waals surface area contributed by atoms with Gasteiger partial charge in [-0.1, -0.05) is 91.0 Å². The molecule has 0 saturated carbocycles. The second-order valence-electron chi connectivity index (χ2n) is 6.64. The van der Waals surface area contributed by atoms with Gasteiger partial charge in [0, 0.05) is 12.1 Å². The Morgan fingerprint density at radius 2 is 1.41 bits per heavy atom. The van der Waals surface area contributed by atoms with Crippen LogP contribution in [0.2, 0.25) is 0 Å². The minimum absolute atomic E-state index is 0.0729. The van der Waals surface area contributed by atoms with Crippen molar-refractivity contribution in [2.45, 2.75) is 13.1 Å². The van der Waals surface area contributed by atoms with Crippen molar-refractivity contribution in [1.29, 1.82) is 0 Å². The molecule has 3 aromatic carbocycles. The Morgan fingerprint density at radius 1 is 0.828 bits per heavy atom. The second-order valence-corrected chi connectivity index (χ2v) is 6.64. The van der Waals surface area contributed by atoms with Crippen LogP contribution in [0.1, 0.15) is 16.8 Å². The lowest BCUT2D eigenvalue weighted by atomic mass is 10.2. The highest BCUT2D eigenvalue weighted by atomic mass is 16.3. The molecule has 0 saturated heterocycles. The van der Waals surface area contributed by atoms with Crippen molar-refractivity contribution < 1.29 is 5.11 Å². The molecule has 29 heavy (non-hydrogen) atoms. The fourth-order valence-corrected chi connectivity index (χ4v) is 3.02. The maximum Gasteiger partial charge on any atom is 0.241 e. The van der Waals surface area contributed by atoms with Crippen molar-refractivity contribution in [1.82, 2.24) is 15.3 Å². The molecule has 5 heteroatoms. The first-order valence-electron chi connectivity index (χ1n) is 9.50. The minimum atomic E-state index is -0.0729. The van der Waals surface area contributed by atoms with Gasteiger partial charge in [-0.2, -0.15) is 4.98 Å². The smallest absolute Gasteiger partial charge is 0.241 e. The van der Waals surface area contributed by atoms with Gasteiger partial charge >= 0.3 is 0 Å². The zero-order chi connectivity index (χ0) is 19.9. The lowest BCUT2D eigenvalue weighted by Crippen LogP contribution is -2.25. The predicted octanol–water partition coefficient (Wildman–Crippen LogP) is 4.52. The maximum absolute atomic E-state index is 10.5. The third-order valence-corrected chi connectivity index (χ3v) is 4.53. The van der Waals surface area contributed by atoms with Gasteiger partial charge in [0.2, 0.25) is 5.88 Å². The largest absolute Gasteiger partial charge is 0.492 e. The molecule has 4 rings (SSSR count). The van der Waals surface area contributed by atoms with Gasteiger partial charge in [-0.25, -0.2) is 0 Å². The summed E-state index contributed by atoms with van der Waals surface area (Å²) >= 11 is 0. The van der Waals surface area contributed by atoms with E-state index in [0.29, 0.717) is 30.4 Å². The third kappa shape index (κ3) is 4.71. The van der Waals surface area contributed by atoms with E-state index in [1.165, 1.54) is 0 Å². The molecule has 0 aliphatic heterocycles. The summed E-state index contributed by atoms with van der Waals surface area (Å²) in [6.45, 7) is 1.09. The van der Waals surface area contributed by atoms with E-state index >= 15 is 0 Å². The highest BCUT2D eigenvalue weighted by Crippen LogP contribution is 2.22. The normalized spacial score (nSPS) is 11.4. The van der Waals surface area contributed by atoms with Crippen LogP contribution >= 0.6 is 0 Å². The van der Waals surface area contributed by atoms with Crippen molar-refractivity contribution in [3.05, 3.63) is 108 Å². The van der Waals surface area contributed by atoms with Crippen molar-refractivity contribution in [2.75, 3.05) is 0 Å². The lowest BCUT2D eigenvalue weighted by Gasteiger charge is -2.09. The number of hydrogen-bond donors (Lipinski definition) is 3. The van der Waals surface area contributed by atoms with Crippen LogP contribution in [-0.2, 0) is 13.1 Å². The molecule has 0 radical (unpaired) electrons. The number of imidazole rings is 1. The fourth-order valence-electron chi connectivity index (χ4n) is 3.02. The summed E-state index contributed by atoms with van der Waals surface area (Å²) in [6, 6.07) is 29.8. The average Bonchev–Trinajstić information content (AvgIpc) is 3.17. The zero-order valence-electron chi connectivity index (χ0n) is 15.9. The van der Waals surface area contributed by atoms with Gasteiger partial charge in [0.1, 0.15) is 11.5 Å². The number of nitrogens with one attached hydrogen (secondary N) is 2. The Balaban J connectivity index is 1.63. The molecule has 5 nitrogen and oxygen atoms in total. The molecule has 144 valence electrons. The van der Waals surface area contributed by atoms with Crippen molar-refractivity contribution in [3.63, 3.8) is 0 Å². The van der Waals surface area contributed by atoms with Crippen LogP contribution in [0.4, 0.5) is 0 Å². The third-order valence-electron chi connectivity index (χ3n) is 4.53. The summed E-state index contributed by atoms with van der Waals surface area (Å²) in [6.07, 6.45) is 0. The molecule has 0 bridgehead atoms. The molecule has 0 unspecified atom stereocenters. The first-order chi connectivity index (χ1) is 14.3. The number of aromatic hydroxyl groups is 1. The summed E-state index contributed by atoms with van der Waals surface area (Å²) in [4.78, 5) is 12.2. The van der Waals surface area contributed by atoms with Crippen LogP contribution in [0.5, 0.6) is 5.88 Å². The van der Waals surface area contributed by atoms with Gasteiger partial charge in [-0.15, -0.1) is 0 Å². The molecule has 0 fully saturated rings. The van der Waals surface area contributed by atoms with Crippen molar-refractivity contribution in [3.8, 4) is 17.3 Å². The molecular weight excluding hydrogens is 360 g/mol. The molecule has 0 aliphatic rings. The average molecular weight is 382 g/mol. The number of rotatable bonds is 6. The van der Waals surface area contributed by atoms with Crippen LogP contribution in [-0.4, -0.2) is 20.9 Å². The first kappa shape index (κ1) is 18.5. The standard InChI is InChI=1S/C24H22N4O/c29-24-21(27-22(28-24)20-14-8-3-9-15-20)23(25-16-18-10-4-1-5-11-18)26-17-19-12-6-2-7-13-19/h1-15,29H,16-17H2,(H,25,26)(H,27,28). The molecule has 0 atom stereocenters. The van der Waals surface area contributed by atoms with E-state index in [9.17, 15) is 5.11 Å². The Hall–Kier alpha value is -3.86. The fraction of sp³-hybridized carbons (Fsp3) is 0.0833. The van der Waals surface area contributed by atoms with Gasteiger partial charge in [0.15, 0.2) is 5.84 Å². The maximum atomic E-state index is 10.5. The lowest BCUT2D eigenvalue weighted by molar-refractivity contribution is 0.455. The summed E-state index contributed by atoms with van der Waals surface area (Å²) < 4.78 is 0. The van der Waals surface area contributed by atoms with Crippen LogP contribution < -0.4 is 5.32 Å². The van der Waals surface area contributed by atoms with E-state index in [2.05, 4.69) is 15.3 Å². The van der Waals surface area contributed by atoms with Crippen LogP contribution in [0, 0.1) is 0 Å². The molecule has 0 spiro atoms. The molecule has 3 N–H and O–H groups in total.